The highest BCUT2D eigenvalue weighted by Gasteiger charge is 2.14. The van der Waals surface area contributed by atoms with E-state index in [1.165, 1.54) is 12.1 Å². The second kappa shape index (κ2) is 8.71. The molecule has 0 aliphatic heterocycles. The van der Waals surface area contributed by atoms with Crippen molar-refractivity contribution in [2.45, 2.75) is 19.3 Å². The molecule has 0 saturated carbocycles. The zero-order valence-corrected chi connectivity index (χ0v) is 14.7. The first-order valence-corrected chi connectivity index (χ1v) is 8.17. The van der Waals surface area contributed by atoms with Gasteiger partial charge in [0.15, 0.2) is 0 Å². The minimum absolute atomic E-state index is 0.173. The van der Waals surface area contributed by atoms with E-state index in [1.807, 2.05) is 24.3 Å². The van der Waals surface area contributed by atoms with Gasteiger partial charge in [0.05, 0.1) is 7.11 Å². The topological polar surface area (TPSA) is 55.4 Å². The van der Waals surface area contributed by atoms with Crippen LogP contribution in [0.2, 0.25) is 10.0 Å². The highest BCUT2D eigenvalue weighted by atomic mass is 35.5. The Morgan fingerprint density at radius 3 is 2.25 bits per heavy atom. The van der Waals surface area contributed by atoms with Crippen molar-refractivity contribution >= 4 is 40.6 Å². The van der Waals surface area contributed by atoms with Gasteiger partial charge in [-0.15, -0.1) is 0 Å². The summed E-state index contributed by atoms with van der Waals surface area (Å²) in [6, 6.07) is 12.2. The Balaban J connectivity index is 1.81. The number of aryl methyl sites for hydroxylation is 1. The molecule has 1 N–H and O–H groups in total. The van der Waals surface area contributed by atoms with E-state index in [1.54, 1.807) is 13.2 Å². The molecule has 24 heavy (non-hydrogen) atoms. The summed E-state index contributed by atoms with van der Waals surface area (Å²) in [5, 5.41) is 3.30. The highest BCUT2D eigenvalue weighted by Crippen LogP contribution is 2.22. The second-order valence-electron chi connectivity index (χ2n) is 5.24. The molecule has 0 radical (unpaired) electrons. The van der Waals surface area contributed by atoms with Crippen molar-refractivity contribution in [2.24, 2.45) is 0 Å². The fourth-order valence-electron chi connectivity index (χ4n) is 2.19. The number of Topliss-reactive ketones (excluding diaryl/α,β-unsaturated/α-hetero) is 1. The summed E-state index contributed by atoms with van der Waals surface area (Å²) in [6.45, 7) is 0. The van der Waals surface area contributed by atoms with E-state index in [0.29, 0.717) is 28.6 Å². The molecule has 2 aromatic carbocycles. The number of hydrogen-bond acceptors (Lipinski definition) is 3. The molecule has 0 spiro atoms. The Hall–Kier alpha value is -2.04. The van der Waals surface area contributed by atoms with Crippen molar-refractivity contribution in [1.29, 1.82) is 0 Å². The van der Waals surface area contributed by atoms with Crippen LogP contribution in [0.5, 0.6) is 5.75 Å². The molecule has 0 heterocycles. The summed E-state index contributed by atoms with van der Waals surface area (Å²) < 4.78 is 5.09. The van der Waals surface area contributed by atoms with Crippen molar-refractivity contribution < 1.29 is 14.3 Å². The van der Waals surface area contributed by atoms with Gasteiger partial charge < -0.3 is 10.1 Å². The van der Waals surface area contributed by atoms with Gasteiger partial charge in [0, 0.05) is 22.2 Å². The summed E-state index contributed by atoms with van der Waals surface area (Å²) >= 11 is 11.7. The molecule has 0 aliphatic carbocycles. The molecule has 0 bridgehead atoms. The fraction of sp³-hybridized carbons (Fsp3) is 0.222. The molecule has 0 saturated heterocycles. The van der Waals surface area contributed by atoms with Gasteiger partial charge in [0.1, 0.15) is 5.75 Å². The molecular weight excluding hydrogens is 349 g/mol. The lowest BCUT2D eigenvalue weighted by molar-refractivity contribution is -0.134. The molecular formula is C18H17Cl2NO3. The number of ether oxygens (including phenoxy) is 1. The number of nitrogens with one attached hydrogen (secondary N) is 1. The first-order chi connectivity index (χ1) is 11.5. The van der Waals surface area contributed by atoms with Crippen molar-refractivity contribution in [1.82, 2.24) is 0 Å². The lowest BCUT2D eigenvalue weighted by Crippen LogP contribution is -2.22. The van der Waals surface area contributed by atoms with Crippen molar-refractivity contribution in [2.75, 3.05) is 12.4 Å². The highest BCUT2D eigenvalue weighted by molar-refractivity contribution is 6.41. The summed E-state index contributed by atoms with van der Waals surface area (Å²) in [4.78, 5) is 23.8. The van der Waals surface area contributed by atoms with Crippen LogP contribution in [-0.2, 0) is 16.0 Å². The lowest BCUT2D eigenvalue weighted by Gasteiger charge is -2.06. The molecule has 0 aromatic heterocycles. The van der Waals surface area contributed by atoms with Crippen LogP contribution in [0.25, 0.3) is 0 Å². The normalized spacial score (nSPS) is 10.3. The number of anilines is 1. The second-order valence-corrected chi connectivity index (χ2v) is 6.11. The van der Waals surface area contributed by atoms with E-state index in [-0.39, 0.29) is 6.42 Å². The number of amides is 1. The zero-order valence-electron chi connectivity index (χ0n) is 13.1. The molecule has 1 amide bonds. The fourth-order valence-corrected chi connectivity index (χ4v) is 2.71. The van der Waals surface area contributed by atoms with Gasteiger partial charge in [-0.05, 0) is 48.7 Å². The Morgan fingerprint density at radius 2 is 1.67 bits per heavy atom. The van der Waals surface area contributed by atoms with Crippen LogP contribution in [0.1, 0.15) is 18.4 Å². The standard InChI is InChI=1S/C18H17Cl2NO3/c1-24-16-7-5-12(6-8-16)3-2-4-17(22)18(23)21-15-10-13(19)9-14(20)11-15/h5-11H,2-4H2,1H3,(H,21,23). The smallest absolute Gasteiger partial charge is 0.291 e. The largest absolute Gasteiger partial charge is 0.497 e. The van der Waals surface area contributed by atoms with Crippen LogP contribution in [0, 0.1) is 0 Å². The van der Waals surface area contributed by atoms with Gasteiger partial charge in [-0.1, -0.05) is 35.3 Å². The Bertz CT molecular complexity index is 709. The van der Waals surface area contributed by atoms with Crippen LogP contribution >= 0.6 is 23.2 Å². The van der Waals surface area contributed by atoms with E-state index < -0.39 is 11.7 Å². The first kappa shape index (κ1) is 18.3. The molecule has 0 fully saturated rings. The quantitative estimate of drug-likeness (QED) is 0.733. The first-order valence-electron chi connectivity index (χ1n) is 7.41. The van der Waals surface area contributed by atoms with Crippen molar-refractivity contribution in [3.8, 4) is 5.75 Å². The van der Waals surface area contributed by atoms with Gasteiger partial charge in [0.25, 0.3) is 5.91 Å². The molecule has 0 unspecified atom stereocenters. The van der Waals surface area contributed by atoms with Crippen LogP contribution in [0.4, 0.5) is 5.69 Å². The number of halogens is 2. The van der Waals surface area contributed by atoms with Gasteiger partial charge in [-0.3, -0.25) is 9.59 Å². The minimum Gasteiger partial charge on any atom is -0.497 e. The predicted molar refractivity (Wildman–Crippen MR) is 96.0 cm³/mol. The van der Waals surface area contributed by atoms with Crippen LogP contribution in [0.15, 0.2) is 42.5 Å². The summed E-state index contributed by atoms with van der Waals surface area (Å²) in [5.74, 6) is -0.350. The Labute approximate surface area is 150 Å². The number of benzene rings is 2. The number of rotatable bonds is 7. The number of carbonyl (C=O) groups is 2. The SMILES string of the molecule is COc1ccc(CCCC(=O)C(=O)Nc2cc(Cl)cc(Cl)c2)cc1. The summed E-state index contributed by atoms with van der Waals surface area (Å²) in [7, 11) is 1.61. The van der Waals surface area contributed by atoms with Gasteiger partial charge >= 0.3 is 0 Å². The van der Waals surface area contributed by atoms with E-state index in [2.05, 4.69) is 5.32 Å². The average Bonchev–Trinajstić information content (AvgIpc) is 2.54. The molecule has 0 aliphatic rings. The number of carbonyl (C=O) groups excluding carboxylic acids is 2. The number of hydrogen-bond donors (Lipinski definition) is 1. The minimum atomic E-state index is -0.664. The van der Waals surface area contributed by atoms with E-state index in [4.69, 9.17) is 27.9 Å². The molecule has 2 aromatic rings. The maximum absolute atomic E-state index is 11.9. The zero-order chi connectivity index (χ0) is 17.5. The Kier molecular flexibility index (Phi) is 6.64. The molecule has 0 atom stereocenters. The third-order valence-electron chi connectivity index (χ3n) is 3.40. The molecule has 2 rings (SSSR count). The number of methoxy groups -OCH3 is 1. The van der Waals surface area contributed by atoms with Crippen LogP contribution < -0.4 is 10.1 Å². The van der Waals surface area contributed by atoms with Gasteiger partial charge in [-0.25, -0.2) is 0 Å². The van der Waals surface area contributed by atoms with E-state index in [9.17, 15) is 9.59 Å². The molecule has 6 heteroatoms. The third-order valence-corrected chi connectivity index (χ3v) is 3.84. The average molecular weight is 366 g/mol. The number of ketones is 1. The summed E-state index contributed by atoms with van der Waals surface area (Å²) in [5.41, 5.74) is 1.49. The van der Waals surface area contributed by atoms with Crippen LogP contribution in [0.3, 0.4) is 0 Å². The maximum Gasteiger partial charge on any atom is 0.291 e. The predicted octanol–water partition coefficient (Wildman–Crippen LogP) is 4.53. The summed E-state index contributed by atoms with van der Waals surface area (Å²) in [6.07, 6.45) is 1.48. The third kappa shape index (κ3) is 5.55. The van der Waals surface area contributed by atoms with E-state index >= 15 is 0 Å². The monoisotopic (exact) mass is 365 g/mol. The van der Waals surface area contributed by atoms with Crippen LogP contribution in [-0.4, -0.2) is 18.8 Å². The maximum atomic E-state index is 11.9. The van der Waals surface area contributed by atoms with Crippen molar-refractivity contribution in [3.63, 3.8) is 0 Å². The van der Waals surface area contributed by atoms with Gasteiger partial charge in [0.2, 0.25) is 5.78 Å². The van der Waals surface area contributed by atoms with Gasteiger partial charge in [-0.2, -0.15) is 0 Å². The Morgan fingerprint density at radius 1 is 1.04 bits per heavy atom. The van der Waals surface area contributed by atoms with E-state index in [0.717, 1.165) is 11.3 Å². The lowest BCUT2D eigenvalue weighted by atomic mass is 10.1. The molecule has 4 nitrogen and oxygen atoms in total. The molecule has 126 valence electrons. The van der Waals surface area contributed by atoms with Crippen molar-refractivity contribution in [3.05, 3.63) is 58.1 Å².